The molecule has 2 aromatic heterocycles. The molecule has 0 bridgehead atoms. The molecule has 0 radical (unpaired) electrons. The van der Waals surface area contributed by atoms with E-state index in [9.17, 15) is 4.79 Å². The number of piperazine rings is 1. The maximum absolute atomic E-state index is 13.6. The SMILES string of the molecule is O=C(C1Cc2cc(Cl)cc(-c3ccnc4[nH]ccc34)c2O1)N1CCN(C2CCC(c3ccccc3)CC2)CC1. The van der Waals surface area contributed by atoms with Gasteiger partial charge in [0, 0.05) is 72.6 Å². The lowest BCUT2D eigenvalue weighted by Crippen LogP contribution is -2.54. The summed E-state index contributed by atoms with van der Waals surface area (Å²) in [4.78, 5) is 25.8. The van der Waals surface area contributed by atoms with Crippen molar-refractivity contribution in [2.24, 2.45) is 0 Å². The molecule has 3 aliphatic rings. The Morgan fingerprint density at radius 3 is 2.54 bits per heavy atom. The van der Waals surface area contributed by atoms with Gasteiger partial charge in [0.05, 0.1) is 0 Å². The third kappa shape index (κ3) is 4.70. The summed E-state index contributed by atoms with van der Waals surface area (Å²) >= 11 is 6.53. The second-order valence-electron chi connectivity index (χ2n) is 11.1. The molecule has 4 aromatic rings. The van der Waals surface area contributed by atoms with E-state index in [1.807, 2.05) is 35.4 Å². The van der Waals surface area contributed by atoms with E-state index in [2.05, 4.69) is 45.2 Å². The van der Waals surface area contributed by atoms with Gasteiger partial charge in [-0.2, -0.15) is 0 Å². The normalized spacial score (nSPS) is 23.5. The van der Waals surface area contributed by atoms with Gasteiger partial charge in [0.25, 0.3) is 5.91 Å². The number of carbonyl (C=O) groups is 1. The maximum Gasteiger partial charge on any atom is 0.264 e. The van der Waals surface area contributed by atoms with Crippen LogP contribution in [0.2, 0.25) is 5.02 Å². The number of aromatic nitrogens is 2. The van der Waals surface area contributed by atoms with E-state index in [-0.39, 0.29) is 5.91 Å². The third-order valence-corrected chi connectivity index (χ3v) is 9.15. The Hall–Kier alpha value is -3.35. The van der Waals surface area contributed by atoms with Crippen molar-refractivity contribution < 1.29 is 9.53 Å². The zero-order chi connectivity index (χ0) is 26.3. The Labute approximate surface area is 233 Å². The minimum atomic E-state index is -0.506. The summed E-state index contributed by atoms with van der Waals surface area (Å²) in [6.07, 6.45) is 8.68. The van der Waals surface area contributed by atoms with Crippen molar-refractivity contribution in [3.05, 3.63) is 83.1 Å². The Morgan fingerprint density at radius 2 is 1.74 bits per heavy atom. The monoisotopic (exact) mass is 540 g/mol. The van der Waals surface area contributed by atoms with Crippen LogP contribution in [0.3, 0.4) is 0 Å². The van der Waals surface area contributed by atoms with Crippen LogP contribution in [0.25, 0.3) is 22.2 Å². The number of rotatable bonds is 4. The van der Waals surface area contributed by atoms with Gasteiger partial charge in [-0.25, -0.2) is 4.98 Å². The van der Waals surface area contributed by atoms with Gasteiger partial charge in [0.1, 0.15) is 11.4 Å². The first-order valence-electron chi connectivity index (χ1n) is 14.1. The molecule has 0 spiro atoms. The van der Waals surface area contributed by atoms with Crippen LogP contribution in [-0.4, -0.2) is 64.0 Å². The zero-order valence-electron chi connectivity index (χ0n) is 22.0. The Kier molecular flexibility index (Phi) is 6.53. The number of fused-ring (bicyclic) bond motifs is 2. The second kappa shape index (κ2) is 10.3. The summed E-state index contributed by atoms with van der Waals surface area (Å²) in [7, 11) is 0. The van der Waals surface area contributed by atoms with Crippen LogP contribution in [0.1, 0.15) is 42.7 Å². The van der Waals surface area contributed by atoms with E-state index in [4.69, 9.17) is 16.3 Å². The molecule has 1 unspecified atom stereocenters. The number of H-pyrrole nitrogens is 1. The molecule has 1 saturated carbocycles. The third-order valence-electron chi connectivity index (χ3n) is 8.93. The fourth-order valence-electron chi connectivity index (χ4n) is 6.87. The van der Waals surface area contributed by atoms with E-state index >= 15 is 0 Å². The number of pyridine rings is 1. The largest absolute Gasteiger partial charge is 0.479 e. The average molecular weight is 541 g/mol. The van der Waals surface area contributed by atoms with E-state index in [0.717, 1.165) is 59.7 Å². The minimum Gasteiger partial charge on any atom is -0.479 e. The standard InChI is InChI=1S/C32H33ClN4O2/c33-24-18-23-19-29(39-30(23)28(20-24)26-10-12-34-31-27(26)11-13-35-31)32(38)37-16-14-36(15-17-37)25-8-6-22(7-9-25)21-4-2-1-3-5-21/h1-5,10-13,18,20,22,25,29H,6-9,14-17,19H2,(H,34,35). The molecule has 39 heavy (non-hydrogen) atoms. The van der Waals surface area contributed by atoms with E-state index in [1.54, 1.807) is 6.20 Å². The smallest absolute Gasteiger partial charge is 0.264 e. The number of carbonyl (C=O) groups excluding carboxylic acids is 1. The van der Waals surface area contributed by atoms with Crippen LogP contribution in [0.4, 0.5) is 0 Å². The van der Waals surface area contributed by atoms with Crippen molar-refractivity contribution in [1.29, 1.82) is 0 Å². The highest BCUT2D eigenvalue weighted by molar-refractivity contribution is 6.31. The van der Waals surface area contributed by atoms with E-state index < -0.39 is 6.10 Å². The number of hydrogen-bond donors (Lipinski definition) is 1. The first-order chi connectivity index (χ1) is 19.1. The highest BCUT2D eigenvalue weighted by Crippen LogP contribution is 2.43. The number of halogens is 1. The summed E-state index contributed by atoms with van der Waals surface area (Å²) in [6, 6.07) is 19.4. The molecule has 7 heteroatoms. The number of nitrogens with zero attached hydrogens (tertiary/aromatic N) is 3. The molecule has 7 rings (SSSR count). The molecule has 200 valence electrons. The second-order valence-corrected chi connectivity index (χ2v) is 11.6. The number of hydrogen-bond acceptors (Lipinski definition) is 4. The summed E-state index contributed by atoms with van der Waals surface area (Å²) < 4.78 is 6.39. The highest BCUT2D eigenvalue weighted by Gasteiger charge is 2.37. The van der Waals surface area contributed by atoms with Gasteiger partial charge < -0.3 is 14.6 Å². The van der Waals surface area contributed by atoms with Crippen molar-refractivity contribution in [1.82, 2.24) is 19.8 Å². The number of nitrogens with one attached hydrogen (secondary N) is 1. The molecule has 4 heterocycles. The molecule has 2 aromatic carbocycles. The van der Waals surface area contributed by atoms with Gasteiger partial charge in [0.15, 0.2) is 6.10 Å². The molecule has 1 saturated heterocycles. The summed E-state index contributed by atoms with van der Waals surface area (Å²) in [6.45, 7) is 3.39. The zero-order valence-corrected chi connectivity index (χ0v) is 22.7. The Bertz CT molecular complexity index is 1490. The van der Waals surface area contributed by atoms with Gasteiger partial charge in [-0.1, -0.05) is 41.9 Å². The van der Waals surface area contributed by atoms with Crippen LogP contribution >= 0.6 is 11.6 Å². The highest BCUT2D eigenvalue weighted by atomic mass is 35.5. The number of ether oxygens (including phenoxy) is 1. The van der Waals surface area contributed by atoms with Gasteiger partial charge in [-0.15, -0.1) is 0 Å². The summed E-state index contributed by atoms with van der Waals surface area (Å²) in [5, 5.41) is 1.66. The molecule has 6 nitrogen and oxygen atoms in total. The lowest BCUT2D eigenvalue weighted by atomic mass is 9.81. The quantitative estimate of drug-likeness (QED) is 0.342. The molecule has 1 aliphatic carbocycles. The van der Waals surface area contributed by atoms with Crippen LogP contribution < -0.4 is 4.74 Å². The Morgan fingerprint density at radius 1 is 0.949 bits per heavy atom. The summed E-state index contributed by atoms with van der Waals surface area (Å²) in [5.74, 6) is 1.54. The fraction of sp³-hybridized carbons (Fsp3) is 0.375. The predicted molar refractivity (Wildman–Crippen MR) is 154 cm³/mol. The van der Waals surface area contributed by atoms with E-state index in [0.29, 0.717) is 23.4 Å². The van der Waals surface area contributed by atoms with Crippen LogP contribution in [0.5, 0.6) is 5.75 Å². The van der Waals surface area contributed by atoms with Gasteiger partial charge in [-0.3, -0.25) is 9.69 Å². The Balaban J connectivity index is 0.994. The fourth-order valence-corrected chi connectivity index (χ4v) is 7.11. The number of aromatic amines is 1. The van der Waals surface area contributed by atoms with Crippen LogP contribution in [0, 0.1) is 0 Å². The van der Waals surface area contributed by atoms with Crippen molar-refractivity contribution in [3.8, 4) is 16.9 Å². The average Bonchev–Trinajstić information content (AvgIpc) is 3.64. The van der Waals surface area contributed by atoms with Crippen LogP contribution in [0.15, 0.2) is 67.0 Å². The van der Waals surface area contributed by atoms with Crippen molar-refractivity contribution in [2.45, 2.75) is 50.2 Å². The molecular formula is C32H33ClN4O2. The molecular weight excluding hydrogens is 508 g/mol. The van der Waals surface area contributed by atoms with Crippen LogP contribution in [-0.2, 0) is 11.2 Å². The molecule has 2 fully saturated rings. The predicted octanol–water partition coefficient (Wildman–Crippen LogP) is 6.06. The molecule has 2 aliphatic heterocycles. The summed E-state index contributed by atoms with van der Waals surface area (Å²) in [5.41, 5.74) is 5.21. The first-order valence-corrected chi connectivity index (χ1v) is 14.5. The number of benzene rings is 2. The lowest BCUT2D eigenvalue weighted by molar-refractivity contribution is -0.140. The topological polar surface area (TPSA) is 61.5 Å². The first kappa shape index (κ1) is 24.7. The van der Waals surface area contributed by atoms with E-state index in [1.165, 1.54) is 31.2 Å². The molecule has 1 amide bonds. The molecule has 1 atom stereocenters. The van der Waals surface area contributed by atoms with Crippen molar-refractivity contribution in [2.75, 3.05) is 26.2 Å². The van der Waals surface area contributed by atoms with Gasteiger partial charge in [0.2, 0.25) is 0 Å². The maximum atomic E-state index is 13.6. The minimum absolute atomic E-state index is 0.0854. The van der Waals surface area contributed by atoms with Gasteiger partial charge in [-0.05, 0) is 67.0 Å². The van der Waals surface area contributed by atoms with Crippen molar-refractivity contribution >= 4 is 28.5 Å². The van der Waals surface area contributed by atoms with Crippen molar-refractivity contribution in [3.63, 3.8) is 0 Å². The number of amides is 1. The van der Waals surface area contributed by atoms with Gasteiger partial charge >= 0.3 is 0 Å². The molecule has 1 N–H and O–H groups in total. The lowest BCUT2D eigenvalue weighted by Gasteiger charge is -2.42.